The monoisotopic (exact) mass is 471 g/mol. The molecule has 7 nitrogen and oxygen atoms in total. The average Bonchev–Trinajstić information content (AvgIpc) is 3.28. The molecule has 0 unspecified atom stereocenters. The third-order valence-corrected chi connectivity index (χ3v) is 6.27. The van der Waals surface area contributed by atoms with Gasteiger partial charge in [-0.05, 0) is 44.1 Å². The third kappa shape index (κ3) is 5.23. The van der Waals surface area contributed by atoms with Crippen molar-refractivity contribution >= 4 is 42.2 Å². The molecule has 2 aromatic heterocycles. The fourth-order valence-electron chi connectivity index (χ4n) is 3.65. The molecule has 0 spiro atoms. The summed E-state index contributed by atoms with van der Waals surface area (Å²) in [5.74, 6) is 1.99. The summed E-state index contributed by atoms with van der Waals surface area (Å²) >= 11 is 1.69. The number of carbonyl (C=O) groups excluding carboxylic acids is 1. The van der Waals surface area contributed by atoms with Gasteiger partial charge in [-0.15, -0.1) is 11.3 Å². The predicted octanol–water partition coefficient (Wildman–Crippen LogP) is 3.79. The minimum atomic E-state index is -0.0958. The molecule has 1 aromatic carbocycles. The molecule has 0 bridgehead atoms. The highest BCUT2D eigenvalue weighted by atomic mass is 32.1. The van der Waals surface area contributed by atoms with Gasteiger partial charge in [0.1, 0.15) is 29.1 Å². The van der Waals surface area contributed by atoms with Crippen LogP contribution in [0.2, 0.25) is 0 Å². The summed E-state index contributed by atoms with van der Waals surface area (Å²) < 4.78 is 6.36. The van der Waals surface area contributed by atoms with Crippen LogP contribution in [0.4, 0.5) is 11.5 Å². The van der Waals surface area contributed by atoms with Crippen molar-refractivity contribution in [3.05, 3.63) is 64.2 Å². The fourth-order valence-corrected chi connectivity index (χ4v) is 4.44. The first-order chi connectivity index (χ1) is 15.1. The first-order valence-electron chi connectivity index (χ1n) is 10.4. The van der Waals surface area contributed by atoms with Crippen molar-refractivity contribution < 1.29 is 9.53 Å². The van der Waals surface area contributed by atoms with Crippen molar-refractivity contribution in [3.8, 4) is 5.75 Å². The van der Waals surface area contributed by atoms with Crippen LogP contribution in [0.3, 0.4) is 0 Å². The number of hydrogen-bond acceptors (Lipinski definition) is 7. The number of nitrogens with one attached hydrogen (secondary N) is 1. The van der Waals surface area contributed by atoms with Gasteiger partial charge in [0.25, 0.3) is 5.91 Å². The number of thiophene rings is 1. The third-order valence-electron chi connectivity index (χ3n) is 5.31. The Hall–Kier alpha value is -2.62. The molecule has 1 aliphatic rings. The molecule has 1 amide bonds. The Morgan fingerprint density at radius 1 is 1.25 bits per heavy atom. The molecule has 0 saturated carbocycles. The lowest BCUT2D eigenvalue weighted by atomic mass is 10.2. The van der Waals surface area contributed by atoms with E-state index in [0.717, 1.165) is 24.4 Å². The summed E-state index contributed by atoms with van der Waals surface area (Å²) in [5, 5.41) is 5.26. The highest BCUT2D eigenvalue weighted by Crippen LogP contribution is 2.31. The zero-order valence-corrected chi connectivity index (χ0v) is 20.4. The summed E-state index contributed by atoms with van der Waals surface area (Å²) in [4.78, 5) is 27.0. The summed E-state index contributed by atoms with van der Waals surface area (Å²) in [5.41, 5.74) is 1.32. The molecule has 0 aliphatic carbocycles. The topological polar surface area (TPSA) is 70.6 Å². The van der Waals surface area contributed by atoms with Gasteiger partial charge in [0.15, 0.2) is 0 Å². The minimum Gasteiger partial charge on any atom is -0.485 e. The van der Waals surface area contributed by atoms with Crippen molar-refractivity contribution in [2.24, 2.45) is 0 Å². The number of aromatic nitrogens is 2. The average molecular weight is 472 g/mol. The van der Waals surface area contributed by atoms with Gasteiger partial charge in [-0.3, -0.25) is 4.79 Å². The highest BCUT2D eigenvalue weighted by Gasteiger charge is 2.28. The van der Waals surface area contributed by atoms with Gasteiger partial charge in [-0.2, -0.15) is 13.5 Å². The number of hydrogen-bond donors (Lipinski definition) is 1. The number of likely N-dealkylation sites (N-methyl/N-ethyl adjacent to an activating group) is 1. The lowest BCUT2D eigenvalue weighted by Crippen LogP contribution is -2.33. The summed E-state index contributed by atoms with van der Waals surface area (Å²) in [6.45, 7) is 3.93. The maximum absolute atomic E-state index is 13.3. The zero-order valence-electron chi connectivity index (χ0n) is 18.5. The lowest BCUT2D eigenvalue weighted by molar-refractivity contribution is 0.0989. The number of carbonyl (C=O) groups is 1. The molecule has 1 atom stereocenters. The first-order valence-corrected chi connectivity index (χ1v) is 11.3. The second kappa shape index (κ2) is 10.8. The Balaban J connectivity index is 0.00000289. The van der Waals surface area contributed by atoms with Crippen molar-refractivity contribution in [1.29, 1.82) is 0 Å². The predicted molar refractivity (Wildman–Crippen MR) is 135 cm³/mol. The number of aryl methyl sites for hydroxylation is 1. The molecule has 0 fully saturated rings. The largest absolute Gasteiger partial charge is 0.485 e. The molecule has 4 rings (SSSR count). The van der Waals surface area contributed by atoms with Crippen molar-refractivity contribution in [3.63, 3.8) is 0 Å². The summed E-state index contributed by atoms with van der Waals surface area (Å²) in [6, 6.07) is 11.9. The molecule has 3 heterocycles. The smallest absolute Gasteiger partial charge is 0.263 e. The van der Waals surface area contributed by atoms with E-state index in [0.29, 0.717) is 30.3 Å². The van der Waals surface area contributed by atoms with Crippen LogP contribution in [0.5, 0.6) is 5.75 Å². The van der Waals surface area contributed by atoms with E-state index in [2.05, 4.69) is 26.7 Å². The molecule has 170 valence electrons. The maximum atomic E-state index is 13.3. The van der Waals surface area contributed by atoms with Gasteiger partial charge in [-0.25, -0.2) is 9.97 Å². The van der Waals surface area contributed by atoms with Crippen LogP contribution < -0.4 is 19.9 Å². The van der Waals surface area contributed by atoms with Crippen LogP contribution in [0.15, 0.2) is 48.0 Å². The van der Waals surface area contributed by atoms with Gasteiger partial charge in [0.2, 0.25) is 0 Å². The molecule has 9 heteroatoms. The van der Waals surface area contributed by atoms with E-state index in [-0.39, 0.29) is 25.5 Å². The first kappa shape index (κ1) is 24.0. The Morgan fingerprint density at radius 2 is 2.09 bits per heavy atom. The Morgan fingerprint density at radius 3 is 2.84 bits per heavy atom. The standard InChI is InChI=1S/C23H27N5O2S.H2S/c1-16-25-15-19-22(26-16)27(3)11-12-28(23(19)29)17-6-4-7-18(14-17)30-20(9-10-24-2)21-8-5-13-31-21;/h4-8,13-15,20,24H,9-12H2,1-3H3;1H2/t20-;/m0./s1. The molecule has 32 heavy (non-hydrogen) atoms. The zero-order chi connectivity index (χ0) is 21.8. The lowest BCUT2D eigenvalue weighted by Gasteiger charge is -2.23. The molecule has 1 N–H and O–H groups in total. The number of fused-ring (bicyclic) bond motifs is 1. The number of amides is 1. The van der Waals surface area contributed by atoms with Crippen molar-refractivity contribution in [2.45, 2.75) is 19.4 Å². The van der Waals surface area contributed by atoms with Crippen LogP contribution in [0, 0.1) is 6.92 Å². The van der Waals surface area contributed by atoms with E-state index in [1.165, 1.54) is 4.88 Å². The van der Waals surface area contributed by atoms with Crippen molar-refractivity contribution in [1.82, 2.24) is 15.3 Å². The summed E-state index contributed by atoms with van der Waals surface area (Å²) in [7, 11) is 3.89. The van der Waals surface area contributed by atoms with E-state index in [1.807, 2.05) is 56.3 Å². The Bertz CT molecular complexity index is 1040. The van der Waals surface area contributed by atoms with Gasteiger partial charge in [0, 0.05) is 49.4 Å². The SMILES string of the molecule is CNCC[C@H](Oc1cccc(N2CCN(C)c3nc(C)ncc3C2=O)c1)c1cccs1.S. The van der Waals surface area contributed by atoms with E-state index in [4.69, 9.17) is 4.74 Å². The highest BCUT2D eigenvalue weighted by molar-refractivity contribution is 7.59. The number of ether oxygens (including phenoxy) is 1. The second-order valence-electron chi connectivity index (χ2n) is 7.54. The van der Waals surface area contributed by atoms with Crippen LogP contribution in [0.25, 0.3) is 0 Å². The summed E-state index contributed by atoms with van der Waals surface area (Å²) in [6.07, 6.45) is 2.45. The second-order valence-corrected chi connectivity index (χ2v) is 8.52. The number of anilines is 2. The molecular weight excluding hydrogens is 442 g/mol. The number of benzene rings is 1. The number of rotatable bonds is 7. The fraction of sp³-hybridized carbons (Fsp3) is 0.348. The number of nitrogens with zero attached hydrogens (tertiary/aromatic N) is 4. The van der Waals surface area contributed by atoms with Gasteiger partial charge >= 0.3 is 0 Å². The van der Waals surface area contributed by atoms with E-state index >= 15 is 0 Å². The van der Waals surface area contributed by atoms with E-state index in [9.17, 15) is 4.79 Å². The molecular formula is C23H29N5O2S2. The van der Waals surface area contributed by atoms with Gasteiger partial charge in [0.05, 0.1) is 0 Å². The Kier molecular flexibility index (Phi) is 8.11. The van der Waals surface area contributed by atoms with Crippen LogP contribution in [-0.4, -0.2) is 49.6 Å². The maximum Gasteiger partial charge on any atom is 0.263 e. The van der Waals surface area contributed by atoms with Gasteiger partial charge in [-0.1, -0.05) is 12.1 Å². The molecule has 1 aliphatic heterocycles. The van der Waals surface area contributed by atoms with E-state index < -0.39 is 0 Å². The molecule has 3 aromatic rings. The quantitative estimate of drug-likeness (QED) is 0.565. The van der Waals surface area contributed by atoms with Crippen LogP contribution >= 0.6 is 24.8 Å². The Labute approximate surface area is 199 Å². The van der Waals surface area contributed by atoms with Crippen LogP contribution in [0.1, 0.15) is 33.6 Å². The van der Waals surface area contributed by atoms with Gasteiger partial charge < -0.3 is 19.9 Å². The van der Waals surface area contributed by atoms with Crippen LogP contribution in [-0.2, 0) is 0 Å². The molecule has 0 radical (unpaired) electrons. The minimum absolute atomic E-state index is 0. The van der Waals surface area contributed by atoms with E-state index in [1.54, 1.807) is 22.4 Å². The van der Waals surface area contributed by atoms with Crippen molar-refractivity contribution in [2.75, 3.05) is 43.5 Å². The molecule has 0 saturated heterocycles. The normalized spacial score (nSPS) is 14.4.